The third-order valence-electron chi connectivity index (χ3n) is 3.46. The van der Waals surface area contributed by atoms with Gasteiger partial charge in [0.25, 0.3) is 0 Å². The standard InChI is InChI=1S/C8H17N3/c9-7-3-4-1-5(7)2-6(4)8(10)11/h4-8H,1-3,9-11H2/t4-,5-,6+,7+/m1/s1. The first-order valence-electron chi connectivity index (χ1n) is 4.45. The highest BCUT2D eigenvalue weighted by Crippen LogP contribution is 2.47. The summed E-state index contributed by atoms with van der Waals surface area (Å²) in [5, 5.41) is 0. The average molecular weight is 155 g/mol. The number of hydrogen-bond acceptors (Lipinski definition) is 3. The maximum atomic E-state index is 5.90. The Bertz CT molecular complexity index is 155. The Kier molecular flexibility index (Phi) is 1.67. The van der Waals surface area contributed by atoms with Gasteiger partial charge >= 0.3 is 0 Å². The van der Waals surface area contributed by atoms with E-state index in [1.165, 1.54) is 12.8 Å². The summed E-state index contributed by atoms with van der Waals surface area (Å²) in [6.07, 6.45) is 3.48. The molecule has 0 aromatic carbocycles. The van der Waals surface area contributed by atoms with Gasteiger partial charge < -0.3 is 17.2 Å². The van der Waals surface area contributed by atoms with Crippen molar-refractivity contribution in [3.05, 3.63) is 0 Å². The maximum absolute atomic E-state index is 5.90. The van der Waals surface area contributed by atoms with Gasteiger partial charge in [0.15, 0.2) is 0 Å². The molecule has 2 aliphatic rings. The van der Waals surface area contributed by atoms with Crippen LogP contribution in [0.25, 0.3) is 0 Å². The van der Waals surface area contributed by atoms with E-state index in [0.717, 1.165) is 18.3 Å². The average Bonchev–Trinajstić information content (AvgIpc) is 2.43. The molecule has 0 aromatic rings. The number of hydrogen-bond donors (Lipinski definition) is 3. The van der Waals surface area contributed by atoms with E-state index in [4.69, 9.17) is 17.2 Å². The van der Waals surface area contributed by atoms with Crippen molar-refractivity contribution < 1.29 is 0 Å². The zero-order valence-electron chi connectivity index (χ0n) is 6.74. The van der Waals surface area contributed by atoms with Gasteiger partial charge in [0.1, 0.15) is 0 Å². The van der Waals surface area contributed by atoms with Gasteiger partial charge in [-0.3, -0.25) is 0 Å². The minimum absolute atomic E-state index is 0.113. The summed E-state index contributed by atoms with van der Waals surface area (Å²) in [5.41, 5.74) is 17.2. The lowest BCUT2D eigenvalue weighted by atomic mass is 9.85. The summed E-state index contributed by atoms with van der Waals surface area (Å²) in [4.78, 5) is 0. The first-order chi connectivity index (χ1) is 5.18. The van der Waals surface area contributed by atoms with Crippen molar-refractivity contribution in [2.45, 2.75) is 31.5 Å². The van der Waals surface area contributed by atoms with E-state index >= 15 is 0 Å². The van der Waals surface area contributed by atoms with Gasteiger partial charge in [-0.15, -0.1) is 0 Å². The van der Waals surface area contributed by atoms with Crippen molar-refractivity contribution in [2.24, 2.45) is 35.0 Å². The third-order valence-corrected chi connectivity index (χ3v) is 3.46. The Morgan fingerprint density at radius 1 is 1.00 bits per heavy atom. The molecule has 2 bridgehead atoms. The van der Waals surface area contributed by atoms with Crippen LogP contribution in [0.2, 0.25) is 0 Å². The molecule has 2 saturated carbocycles. The Morgan fingerprint density at radius 3 is 2.09 bits per heavy atom. The highest BCUT2D eigenvalue weighted by Gasteiger charge is 2.45. The normalized spacial score (nSPS) is 49.1. The van der Waals surface area contributed by atoms with Gasteiger partial charge in [-0.1, -0.05) is 0 Å². The van der Waals surface area contributed by atoms with Gasteiger partial charge in [-0.05, 0) is 37.0 Å². The van der Waals surface area contributed by atoms with E-state index in [1.807, 2.05) is 0 Å². The van der Waals surface area contributed by atoms with Crippen molar-refractivity contribution in [2.75, 3.05) is 0 Å². The predicted molar refractivity (Wildman–Crippen MR) is 44.5 cm³/mol. The molecule has 6 N–H and O–H groups in total. The van der Waals surface area contributed by atoms with Gasteiger partial charge in [0, 0.05) is 6.04 Å². The largest absolute Gasteiger partial charge is 0.327 e. The molecule has 0 aromatic heterocycles. The first-order valence-corrected chi connectivity index (χ1v) is 4.45. The number of nitrogens with two attached hydrogens (primary N) is 3. The summed E-state index contributed by atoms with van der Waals surface area (Å²) in [6, 6.07) is 0.440. The van der Waals surface area contributed by atoms with Crippen LogP contribution in [-0.4, -0.2) is 12.2 Å². The van der Waals surface area contributed by atoms with E-state index in [0.29, 0.717) is 12.0 Å². The van der Waals surface area contributed by atoms with E-state index < -0.39 is 0 Å². The summed E-state index contributed by atoms with van der Waals surface area (Å²) < 4.78 is 0. The van der Waals surface area contributed by atoms with Crippen LogP contribution in [-0.2, 0) is 0 Å². The molecule has 2 fully saturated rings. The monoisotopic (exact) mass is 155 g/mol. The molecule has 0 aliphatic heterocycles. The van der Waals surface area contributed by atoms with Crippen LogP contribution in [0.3, 0.4) is 0 Å². The van der Waals surface area contributed by atoms with Gasteiger partial charge in [0.05, 0.1) is 6.17 Å². The lowest BCUT2D eigenvalue weighted by molar-refractivity contribution is 0.266. The second-order valence-corrected chi connectivity index (χ2v) is 4.13. The summed E-state index contributed by atoms with van der Waals surface area (Å²) >= 11 is 0. The van der Waals surface area contributed by atoms with Crippen LogP contribution in [0.5, 0.6) is 0 Å². The molecule has 11 heavy (non-hydrogen) atoms. The second-order valence-electron chi connectivity index (χ2n) is 4.13. The predicted octanol–water partition coefficient (Wildman–Crippen LogP) is -0.397. The smallest absolute Gasteiger partial charge is 0.0552 e. The highest BCUT2D eigenvalue weighted by atomic mass is 14.9. The fourth-order valence-electron chi connectivity index (χ4n) is 2.84. The van der Waals surface area contributed by atoms with E-state index in [1.54, 1.807) is 0 Å². The van der Waals surface area contributed by atoms with E-state index in [2.05, 4.69) is 0 Å². The van der Waals surface area contributed by atoms with Crippen molar-refractivity contribution in [1.82, 2.24) is 0 Å². The van der Waals surface area contributed by atoms with Gasteiger partial charge in [0.2, 0.25) is 0 Å². The lowest BCUT2D eigenvalue weighted by Crippen LogP contribution is -2.43. The van der Waals surface area contributed by atoms with Crippen LogP contribution in [0.1, 0.15) is 19.3 Å². The Balaban J connectivity index is 2.02. The molecule has 0 radical (unpaired) electrons. The number of rotatable bonds is 1. The molecule has 3 heteroatoms. The molecule has 4 atom stereocenters. The highest BCUT2D eigenvalue weighted by molar-refractivity contribution is 4.98. The van der Waals surface area contributed by atoms with Gasteiger partial charge in [-0.2, -0.15) is 0 Å². The molecule has 2 rings (SSSR count). The number of fused-ring (bicyclic) bond motifs is 2. The van der Waals surface area contributed by atoms with E-state index in [-0.39, 0.29) is 6.17 Å². The molecule has 64 valence electrons. The minimum Gasteiger partial charge on any atom is -0.327 e. The fraction of sp³-hybridized carbons (Fsp3) is 1.00. The van der Waals surface area contributed by atoms with Crippen LogP contribution in [0.15, 0.2) is 0 Å². The Morgan fingerprint density at radius 2 is 1.73 bits per heavy atom. The Labute approximate surface area is 67.3 Å². The van der Waals surface area contributed by atoms with E-state index in [9.17, 15) is 0 Å². The topological polar surface area (TPSA) is 78.1 Å². The van der Waals surface area contributed by atoms with Crippen molar-refractivity contribution in [3.8, 4) is 0 Å². The van der Waals surface area contributed by atoms with Crippen LogP contribution in [0.4, 0.5) is 0 Å². The van der Waals surface area contributed by atoms with Crippen LogP contribution >= 0.6 is 0 Å². The molecule has 0 unspecified atom stereocenters. The SMILES string of the molecule is NC(N)[C@H]1C[C@H]2C[C@@H]1C[C@@H]2N. The molecular weight excluding hydrogens is 138 g/mol. The fourth-order valence-corrected chi connectivity index (χ4v) is 2.84. The quantitative estimate of drug-likeness (QED) is 0.451. The van der Waals surface area contributed by atoms with Crippen LogP contribution in [0, 0.1) is 17.8 Å². The molecule has 0 amide bonds. The minimum atomic E-state index is -0.113. The summed E-state index contributed by atoms with van der Waals surface area (Å²) in [5.74, 6) is 2.01. The lowest BCUT2D eigenvalue weighted by Gasteiger charge is -2.27. The Hall–Kier alpha value is -0.120. The molecular formula is C8H17N3. The van der Waals surface area contributed by atoms with Crippen molar-refractivity contribution in [1.29, 1.82) is 0 Å². The maximum Gasteiger partial charge on any atom is 0.0552 e. The van der Waals surface area contributed by atoms with Crippen LogP contribution < -0.4 is 17.2 Å². The van der Waals surface area contributed by atoms with Crippen molar-refractivity contribution >= 4 is 0 Å². The molecule has 2 aliphatic carbocycles. The molecule has 0 saturated heterocycles. The summed E-state index contributed by atoms with van der Waals surface area (Å²) in [6.45, 7) is 0. The second kappa shape index (κ2) is 2.44. The molecule has 0 spiro atoms. The first kappa shape index (κ1) is 7.53. The summed E-state index contributed by atoms with van der Waals surface area (Å²) in [7, 11) is 0. The third kappa shape index (κ3) is 1.08. The molecule has 0 heterocycles. The zero-order valence-corrected chi connectivity index (χ0v) is 6.74. The molecule has 3 nitrogen and oxygen atoms in total. The van der Waals surface area contributed by atoms with Crippen molar-refractivity contribution in [3.63, 3.8) is 0 Å². The van der Waals surface area contributed by atoms with Gasteiger partial charge in [-0.25, -0.2) is 0 Å². The zero-order chi connectivity index (χ0) is 8.01.